The second-order valence-corrected chi connectivity index (χ2v) is 8.14. The third kappa shape index (κ3) is 6.22. The van der Waals surface area contributed by atoms with Crippen LogP contribution < -0.4 is 24.8 Å². The van der Waals surface area contributed by atoms with Crippen LogP contribution in [-0.2, 0) is 4.79 Å². The van der Waals surface area contributed by atoms with Gasteiger partial charge in [0.1, 0.15) is 11.4 Å². The number of hydrogen-bond donors (Lipinski definition) is 3. The number of nitrogens with one attached hydrogen (secondary N) is 2. The van der Waals surface area contributed by atoms with E-state index in [4.69, 9.17) is 14.2 Å². The van der Waals surface area contributed by atoms with Gasteiger partial charge in [-0.2, -0.15) is 0 Å². The van der Waals surface area contributed by atoms with Gasteiger partial charge in [0.05, 0.1) is 38.1 Å². The predicted octanol–water partition coefficient (Wildman–Crippen LogP) is 4.58. The number of rotatable bonds is 9. The van der Waals surface area contributed by atoms with Crippen LogP contribution in [0.1, 0.15) is 26.3 Å². The van der Waals surface area contributed by atoms with Crippen molar-refractivity contribution in [3.8, 4) is 17.2 Å². The highest BCUT2D eigenvalue weighted by Crippen LogP contribution is 2.29. The van der Waals surface area contributed by atoms with Gasteiger partial charge in [-0.3, -0.25) is 9.59 Å². The quantitative estimate of drug-likeness (QED) is 0.330. The minimum atomic E-state index is -1.17. The molecule has 0 aliphatic rings. The predicted molar refractivity (Wildman–Crippen MR) is 138 cm³/mol. The van der Waals surface area contributed by atoms with E-state index in [0.717, 1.165) is 0 Å². The molecule has 0 unspecified atom stereocenters. The number of amides is 2. The van der Waals surface area contributed by atoms with Crippen LogP contribution in [0.2, 0.25) is 0 Å². The second kappa shape index (κ2) is 11.9. The van der Waals surface area contributed by atoms with Crippen LogP contribution >= 0.6 is 15.9 Å². The van der Waals surface area contributed by atoms with E-state index in [0.29, 0.717) is 27.1 Å². The summed E-state index contributed by atoms with van der Waals surface area (Å²) in [6.45, 7) is 0. The van der Waals surface area contributed by atoms with Crippen LogP contribution in [0.5, 0.6) is 17.2 Å². The number of methoxy groups -OCH3 is 3. The smallest absolute Gasteiger partial charge is 0.335 e. The van der Waals surface area contributed by atoms with Crippen LogP contribution in [-0.4, -0.2) is 44.2 Å². The van der Waals surface area contributed by atoms with Crippen molar-refractivity contribution in [1.29, 1.82) is 0 Å². The van der Waals surface area contributed by atoms with Gasteiger partial charge < -0.3 is 30.0 Å². The van der Waals surface area contributed by atoms with Crippen molar-refractivity contribution >= 4 is 45.5 Å². The Hall–Kier alpha value is -4.31. The molecule has 3 aromatic carbocycles. The number of carboxylic acid groups (broad SMARTS) is 1. The molecule has 0 atom stereocenters. The lowest BCUT2D eigenvalue weighted by atomic mass is 10.1. The normalized spacial score (nSPS) is 10.8. The van der Waals surface area contributed by atoms with Crippen LogP contribution in [0, 0.1) is 0 Å². The maximum Gasteiger partial charge on any atom is 0.335 e. The molecule has 0 bridgehead atoms. The molecule has 36 heavy (non-hydrogen) atoms. The van der Waals surface area contributed by atoms with Gasteiger partial charge in [-0.05, 0) is 70.0 Å². The molecule has 9 nitrogen and oxygen atoms in total. The van der Waals surface area contributed by atoms with E-state index >= 15 is 0 Å². The molecule has 0 saturated heterocycles. The third-order valence-electron chi connectivity index (χ3n) is 5.02. The van der Waals surface area contributed by atoms with E-state index in [1.807, 2.05) is 0 Å². The van der Waals surface area contributed by atoms with Gasteiger partial charge in [0.15, 0.2) is 11.5 Å². The summed E-state index contributed by atoms with van der Waals surface area (Å²) in [6, 6.07) is 15.8. The summed E-state index contributed by atoms with van der Waals surface area (Å²) in [6.07, 6.45) is 1.46. The Kier molecular flexibility index (Phi) is 8.69. The summed E-state index contributed by atoms with van der Waals surface area (Å²) < 4.78 is 16.4. The molecular weight excluding hydrogens is 532 g/mol. The number of carbonyl (C=O) groups is 3. The standard InChI is InChI=1S/C26H23BrN2O7/c1-34-21-11-9-16(26(32)33)14-19(21)28-25(31)20(29-24(30)17-6-4-5-7-18(17)27)12-15-8-10-22(35-2)23(13-15)36-3/h4-14H,1-3H3,(H,28,31)(H,29,30)(H,32,33). The molecule has 186 valence electrons. The first kappa shape index (κ1) is 26.3. The van der Waals surface area contributed by atoms with E-state index < -0.39 is 17.8 Å². The minimum Gasteiger partial charge on any atom is -0.495 e. The Labute approximate surface area is 215 Å². The fraction of sp³-hybridized carbons (Fsp3) is 0.115. The van der Waals surface area contributed by atoms with Gasteiger partial charge in [0.25, 0.3) is 11.8 Å². The van der Waals surface area contributed by atoms with Gasteiger partial charge in [0.2, 0.25) is 0 Å². The molecule has 3 N–H and O–H groups in total. The summed E-state index contributed by atoms with van der Waals surface area (Å²) >= 11 is 3.34. The van der Waals surface area contributed by atoms with Gasteiger partial charge in [-0.15, -0.1) is 0 Å². The van der Waals surface area contributed by atoms with Gasteiger partial charge in [-0.1, -0.05) is 18.2 Å². The Morgan fingerprint density at radius 2 is 1.53 bits per heavy atom. The third-order valence-corrected chi connectivity index (χ3v) is 5.72. The summed E-state index contributed by atoms with van der Waals surface area (Å²) in [5.41, 5.74) is 0.820. The van der Waals surface area contributed by atoms with Crippen molar-refractivity contribution in [3.05, 3.63) is 87.5 Å². The van der Waals surface area contributed by atoms with E-state index in [9.17, 15) is 19.5 Å². The summed E-state index contributed by atoms with van der Waals surface area (Å²) in [5, 5.41) is 14.6. The lowest BCUT2D eigenvalue weighted by molar-refractivity contribution is -0.113. The maximum atomic E-state index is 13.3. The highest BCUT2D eigenvalue weighted by molar-refractivity contribution is 9.10. The monoisotopic (exact) mass is 554 g/mol. The first-order chi connectivity index (χ1) is 17.3. The van der Waals surface area contributed by atoms with Crippen molar-refractivity contribution in [3.63, 3.8) is 0 Å². The van der Waals surface area contributed by atoms with Crippen LogP contribution in [0.25, 0.3) is 6.08 Å². The lowest BCUT2D eigenvalue weighted by Crippen LogP contribution is -2.31. The van der Waals surface area contributed by atoms with E-state index in [2.05, 4.69) is 26.6 Å². The second-order valence-electron chi connectivity index (χ2n) is 7.28. The topological polar surface area (TPSA) is 123 Å². The van der Waals surface area contributed by atoms with Crippen molar-refractivity contribution in [2.45, 2.75) is 0 Å². The lowest BCUT2D eigenvalue weighted by Gasteiger charge is -2.15. The van der Waals surface area contributed by atoms with Crippen LogP contribution in [0.4, 0.5) is 5.69 Å². The number of carbonyl (C=O) groups excluding carboxylic acids is 2. The molecule has 0 radical (unpaired) electrons. The molecule has 0 aliphatic heterocycles. The fourth-order valence-corrected chi connectivity index (χ4v) is 3.70. The highest BCUT2D eigenvalue weighted by Gasteiger charge is 2.19. The molecule has 0 fully saturated rings. The summed E-state index contributed by atoms with van der Waals surface area (Å²) in [7, 11) is 4.37. The number of halogens is 1. The number of anilines is 1. The molecule has 0 heterocycles. The van der Waals surface area contributed by atoms with Gasteiger partial charge >= 0.3 is 5.97 Å². The molecule has 3 aromatic rings. The Morgan fingerprint density at radius 1 is 0.861 bits per heavy atom. The Balaban J connectivity index is 2.02. The first-order valence-corrected chi connectivity index (χ1v) is 11.3. The van der Waals surface area contributed by atoms with Crippen LogP contribution in [0.15, 0.2) is 70.8 Å². The van der Waals surface area contributed by atoms with E-state index in [-0.39, 0.29) is 22.7 Å². The molecule has 0 aliphatic carbocycles. The Bertz CT molecular complexity index is 1340. The minimum absolute atomic E-state index is 0.0474. The maximum absolute atomic E-state index is 13.3. The zero-order chi connectivity index (χ0) is 26.2. The zero-order valence-corrected chi connectivity index (χ0v) is 21.2. The SMILES string of the molecule is COc1ccc(C(=O)O)cc1NC(=O)C(=Cc1ccc(OC)c(OC)c1)NC(=O)c1ccccc1Br. The number of ether oxygens (including phenoxy) is 3. The van der Waals surface area contributed by atoms with Crippen molar-refractivity contribution < 1.29 is 33.7 Å². The number of benzene rings is 3. The van der Waals surface area contributed by atoms with Crippen LogP contribution in [0.3, 0.4) is 0 Å². The zero-order valence-electron chi connectivity index (χ0n) is 19.6. The largest absolute Gasteiger partial charge is 0.495 e. The Morgan fingerprint density at radius 3 is 2.17 bits per heavy atom. The molecule has 0 spiro atoms. The number of carboxylic acids is 1. The molecule has 0 saturated carbocycles. The first-order valence-electron chi connectivity index (χ1n) is 10.5. The average Bonchev–Trinajstić information content (AvgIpc) is 2.88. The number of hydrogen-bond acceptors (Lipinski definition) is 6. The number of aromatic carboxylic acids is 1. The van der Waals surface area contributed by atoms with Crippen molar-refractivity contribution in [2.75, 3.05) is 26.6 Å². The molecule has 0 aromatic heterocycles. The van der Waals surface area contributed by atoms with Crippen molar-refractivity contribution in [2.24, 2.45) is 0 Å². The fourth-order valence-electron chi connectivity index (χ4n) is 3.23. The molecule has 2 amide bonds. The molecule has 10 heteroatoms. The van der Waals surface area contributed by atoms with Gasteiger partial charge in [-0.25, -0.2) is 4.79 Å². The van der Waals surface area contributed by atoms with E-state index in [1.54, 1.807) is 42.5 Å². The summed E-state index contributed by atoms with van der Waals surface area (Å²) in [4.78, 5) is 37.7. The average molecular weight is 555 g/mol. The summed E-state index contributed by atoms with van der Waals surface area (Å²) in [5.74, 6) is -1.24. The highest BCUT2D eigenvalue weighted by atomic mass is 79.9. The molecule has 3 rings (SSSR count). The van der Waals surface area contributed by atoms with Crippen molar-refractivity contribution in [1.82, 2.24) is 5.32 Å². The van der Waals surface area contributed by atoms with E-state index in [1.165, 1.54) is 45.6 Å². The molecular formula is C26H23BrN2O7. The van der Waals surface area contributed by atoms with Gasteiger partial charge in [0, 0.05) is 4.47 Å².